The van der Waals surface area contributed by atoms with Crippen LogP contribution in [0.15, 0.2) is 18.2 Å². The molecular weight excluding hydrogens is 272 g/mol. The summed E-state index contributed by atoms with van der Waals surface area (Å²) in [5.74, 6) is 1.29. The lowest BCUT2D eigenvalue weighted by atomic mass is 9.57. The van der Waals surface area contributed by atoms with Gasteiger partial charge in [0.15, 0.2) is 0 Å². The molecule has 3 atom stereocenters. The first-order valence-electron chi connectivity index (χ1n) is 7.33. The molecule has 2 fully saturated rings. The summed E-state index contributed by atoms with van der Waals surface area (Å²) in [6.45, 7) is 6.58. The van der Waals surface area contributed by atoms with Gasteiger partial charge in [-0.05, 0) is 43.4 Å². The molecule has 2 bridgehead atoms. The van der Waals surface area contributed by atoms with E-state index in [1.165, 1.54) is 6.42 Å². The maximum absolute atomic E-state index is 11.7. The second-order valence-corrected chi connectivity index (χ2v) is 7.71. The van der Waals surface area contributed by atoms with Crippen LogP contribution < -0.4 is 4.74 Å². The number of methoxy groups -OCH3 is 1. The zero-order valence-corrected chi connectivity index (χ0v) is 13.4. The SMILES string of the molecule is COc1ccc(Cl)cc1C1(O)C2(C)CCC(C2)C1(C)C. The second kappa shape index (κ2) is 4.14. The summed E-state index contributed by atoms with van der Waals surface area (Å²) in [7, 11) is 1.65. The van der Waals surface area contributed by atoms with Gasteiger partial charge < -0.3 is 9.84 Å². The number of fused-ring (bicyclic) bond motifs is 2. The molecule has 3 unspecified atom stereocenters. The van der Waals surface area contributed by atoms with Gasteiger partial charge in [-0.1, -0.05) is 32.4 Å². The Hall–Kier alpha value is -0.730. The number of benzene rings is 1. The molecule has 1 aromatic rings. The standard InChI is InChI=1S/C17H23ClO2/c1-15(2)11-7-8-16(3,10-11)17(15,19)13-9-12(18)5-6-14(13)20-4/h5-6,9,11,19H,7-8,10H2,1-4H3. The molecule has 0 saturated heterocycles. The van der Waals surface area contributed by atoms with Crippen molar-refractivity contribution in [3.05, 3.63) is 28.8 Å². The lowest BCUT2D eigenvalue weighted by Gasteiger charge is -2.51. The average Bonchev–Trinajstić information content (AvgIpc) is 2.86. The Balaban J connectivity index is 2.24. The van der Waals surface area contributed by atoms with Crippen molar-refractivity contribution >= 4 is 11.6 Å². The molecule has 0 heterocycles. The number of hydrogen-bond donors (Lipinski definition) is 1. The first-order chi connectivity index (χ1) is 9.26. The monoisotopic (exact) mass is 294 g/mol. The van der Waals surface area contributed by atoms with Crippen LogP contribution >= 0.6 is 11.6 Å². The molecule has 2 aliphatic rings. The van der Waals surface area contributed by atoms with Crippen molar-refractivity contribution < 1.29 is 9.84 Å². The number of ether oxygens (including phenoxy) is 1. The smallest absolute Gasteiger partial charge is 0.125 e. The van der Waals surface area contributed by atoms with Crippen molar-refractivity contribution in [1.82, 2.24) is 0 Å². The van der Waals surface area contributed by atoms with Crippen molar-refractivity contribution in [2.24, 2.45) is 16.7 Å². The molecule has 2 saturated carbocycles. The molecule has 3 heteroatoms. The summed E-state index contributed by atoms with van der Waals surface area (Å²) in [6, 6.07) is 5.56. The summed E-state index contributed by atoms with van der Waals surface area (Å²) < 4.78 is 5.51. The van der Waals surface area contributed by atoms with E-state index in [0.717, 1.165) is 24.2 Å². The Kier molecular flexibility index (Phi) is 2.94. The van der Waals surface area contributed by atoms with Gasteiger partial charge in [0.2, 0.25) is 0 Å². The van der Waals surface area contributed by atoms with E-state index >= 15 is 0 Å². The molecule has 0 aromatic heterocycles. The molecule has 2 nitrogen and oxygen atoms in total. The second-order valence-electron chi connectivity index (χ2n) is 7.28. The van der Waals surface area contributed by atoms with Gasteiger partial charge in [-0.15, -0.1) is 0 Å². The van der Waals surface area contributed by atoms with Gasteiger partial charge in [0, 0.05) is 21.4 Å². The van der Waals surface area contributed by atoms with E-state index in [1.807, 2.05) is 18.2 Å². The van der Waals surface area contributed by atoms with Crippen molar-refractivity contribution in [2.75, 3.05) is 7.11 Å². The molecule has 1 aromatic carbocycles. The van der Waals surface area contributed by atoms with Crippen LogP contribution in [0.3, 0.4) is 0 Å². The van der Waals surface area contributed by atoms with E-state index < -0.39 is 5.60 Å². The van der Waals surface area contributed by atoms with Crippen LogP contribution in [0.4, 0.5) is 0 Å². The Labute approximate surface area is 126 Å². The van der Waals surface area contributed by atoms with Crippen molar-refractivity contribution in [3.63, 3.8) is 0 Å². The van der Waals surface area contributed by atoms with E-state index in [9.17, 15) is 5.11 Å². The van der Waals surface area contributed by atoms with Crippen LogP contribution in [-0.4, -0.2) is 12.2 Å². The number of aliphatic hydroxyl groups is 1. The molecule has 3 rings (SSSR count). The van der Waals surface area contributed by atoms with Gasteiger partial charge in [-0.3, -0.25) is 0 Å². The zero-order valence-electron chi connectivity index (χ0n) is 12.7. The molecule has 110 valence electrons. The summed E-state index contributed by atoms with van der Waals surface area (Å²) in [4.78, 5) is 0. The average molecular weight is 295 g/mol. The van der Waals surface area contributed by atoms with Gasteiger partial charge in [0.1, 0.15) is 11.4 Å². The first kappa shape index (κ1) is 14.2. The molecule has 20 heavy (non-hydrogen) atoms. The summed E-state index contributed by atoms with van der Waals surface area (Å²) in [5, 5.41) is 12.4. The largest absolute Gasteiger partial charge is 0.496 e. The van der Waals surface area contributed by atoms with Gasteiger partial charge in [0.05, 0.1) is 7.11 Å². The fourth-order valence-corrected chi connectivity index (χ4v) is 5.07. The third-order valence-electron chi connectivity index (χ3n) is 6.12. The highest BCUT2D eigenvalue weighted by atomic mass is 35.5. The highest BCUT2D eigenvalue weighted by Crippen LogP contribution is 2.72. The van der Waals surface area contributed by atoms with Crippen LogP contribution in [0.25, 0.3) is 0 Å². The molecule has 0 spiro atoms. The molecule has 0 amide bonds. The summed E-state index contributed by atoms with van der Waals surface area (Å²) >= 11 is 6.19. The van der Waals surface area contributed by atoms with Crippen molar-refractivity contribution in [3.8, 4) is 5.75 Å². The Morgan fingerprint density at radius 3 is 2.55 bits per heavy atom. The molecular formula is C17H23ClO2. The fraction of sp³-hybridized carbons (Fsp3) is 0.647. The topological polar surface area (TPSA) is 29.5 Å². The predicted molar refractivity (Wildman–Crippen MR) is 81.1 cm³/mol. The fourth-order valence-electron chi connectivity index (χ4n) is 4.89. The van der Waals surface area contributed by atoms with Crippen LogP contribution in [0, 0.1) is 16.7 Å². The maximum atomic E-state index is 11.7. The first-order valence-corrected chi connectivity index (χ1v) is 7.70. The molecule has 2 aliphatic carbocycles. The molecule has 1 N–H and O–H groups in total. The van der Waals surface area contributed by atoms with E-state index in [0.29, 0.717) is 10.9 Å². The van der Waals surface area contributed by atoms with Gasteiger partial charge in [0.25, 0.3) is 0 Å². The minimum atomic E-state index is -0.890. The summed E-state index contributed by atoms with van der Waals surface area (Å²) in [5.41, 5.74) is -0.307. The van der Waals surface area contributed by atoms with Crippen LogP contribution in [-0.2, 0) is 5.60 Å². The van der Waals surface area contributed by atoms with Crippen molar-refractivity contribution in [2.45, 2.75) is 45.6 Å². The summed E-state index contributed by atoms with van der Waals surface area (Å²) in [6.07, 6.45) is 3.34. The van der Waals surface area contributed by atoms with E-state index in [2.05, 4.69) is 20.8 Å². The predicted octanol–water partition coefficient (Wildman–Crippen LogP) is 4.38. The quantitative estimate of drug-likeness (QED) is 0.877. The highest BCUT2D eigenvalue weighted by molar-refractivity contribution is 6.30. The lowest BCUT2D eigenvalue weighted by Crippen LogP contribution is -2.51. The number of hydrogen-bond acceptors (Lipinski definition) is 2. The number of halogens is 1. The normalized spacial score (nSPS) is 38.2. The maximum Gasteiger partial charge on any atom is 0.125 e. The third kappa shape index (κ3) is 1.50. The van der Waals surface area contributed by atoms with Crippen LogP contribution in [0.1, 0.15) is 45.6 Å². The van der Waals surface area contributed by atoms with Gasteiger partial charge in [-0.25, -0.2) is 0 Å². The van der Waals surface area contributed by atoms with Gasteiger partial charge >= 0.3 is 0 Å². The van der Waals surface area contributed by atoms with Crippen LogP contribution in [0.2, 0.25) is 5.02 Å². The molecule has 0 radical (unpaired) electrons. The van der Waals surface area contributed by atoms with Crippen molar-refractivity contribution in [1.29, 1.82) is 0 Å². The van der Waals surface area contributed by atoms with E-state index in [1.54, 1.807) is 7.11 Å². The highest BCUT2D eigenvalue weighted by Gasteiger charge is 2.69. The van der Waals surface area contributed by atoms with Crippen LogP contribution in [0.5, 0.6) is 5.75 Å². The molecule has 0 aliphatic heterocycles. The minimum absolute atomic E-state index is 0.0981. The minimum Gasteiger partial charge on any atom is -0.496 e. The third-order valence-corrected chi connectivity index (χ3v) is 6.35. The Morgan fingerprint density at radius 2 is 2.00 bits per heavy atom. The lowest BCUT2D eigenvalue weighted by molar-refractivity contribution is -0.151. The van der Waals surface area contributed by atoms with Gasteiger partial charge in [-0.2, -0.15) is 0 Å². The number of rotatable bonds is 2. The zero-order chi connectivity index (χ0) is 14.8. The van der Waals surface area contributed by atoms with E-state index in [-0.39, 0.29) is 10.8 Å². The Bertz CT molecular complexity index is 547. The van der Waals surface area contributed by atoms with E-state index in [4.69, 9.17) is 16.3 Å². The Morgan fingerprint density at radius 1 is 1.30 bits per heavy atom.